The molecule has 0 radical (unpaired) electrons. The highest BCUT2D eigenvalue weighted by Crippen LogP contribution is 2.62. The van der Waals surface area contributed by atoms with E-state index in [9.17, 15) is 0 Å². The molecule has 0 amide bonds. The molecule has 356 valence electrons. The molecule has 0 N–H and O–H groups in total. The fourth-order valence-electron chi connectivity index (χ4n) is 15.6. The summed E-state index contributed by atoms with van der Waals surface area (Å²) < 4.78 is 0. The lowest BCUT2D eigenvalue weighted by molar-refractivity contribution is 0.280. The second kappa shape index (κ2) is 19.2. The van der Waals surface area contributed by atoms with Gasteiger partial charge in [0.15, 0.2) is 0 Å². The van der Waals surface area contributed by atoms with Gasteiger partial charge >= 0.3 is 0 Å². The molecule has 0 aromatic heterocycles. The Hall–Kier alpha value is -2.11. The Bertz CT molecular complexity index is 2280. The summed E-state index contributed by atoms with van der Waals surface area (Å²) in [6, 6.07) is 20.5. The van der Waals surface area contributed by atoms with E-state index in [4.69, 9.17) is 22.2 Å². The number of hydrogen-bond donors (Lipinski definition) is 0. The van der Waals surface area contributed by atoms with Crippen LogP contribution in [0.2, 0.25) is 24.2 Å². The minimum atomic E-state index is -1.74. The SMILES string of the molecule is CCC1=Cc2c(ccc3c2CC(CC)(CC)C3)C1[Si]1(C2C(CC)=Cc3c2ccc2c3CC(CC)(CC)C2)CCCC1.CCC1=Cc2ccc3c(c2C1)CC(CC)(CC)C3.Cl[Si]1(Cl)CCCC1. The highest BCUT2D eigenvalue weighted by atomic mass is 35.7. The van der Waals surface area contributed by atoms with E-state index in [0.717, 1.165) is 23.2 Å². The van der Waals surface area contributed by atoms with Crippen molar-refractivity contribution in [1.29, 1.82) is 0 Å². The molecule has 0 saturated carbocycles. The van der Waals surface area contributed by atoms with Crippen LogP contribution in [0.3, 0.4) is 0 Å². The molecule has 0 spiro atoms. The monoisotopic (exact) mass is 957 g/mol. The summed E-state index contributed by atoms with van der Waals surface area (Å²) in [5, 5.41) is 0. The van der Waals surface area contributed by atoms with Crippen LogP contribution in [0.1, 0.15) is 224 Å². The van der Waals surface area contributed by atoms with Gasteiger partial charge in [-0.25, -0.2) is 0 Å². The third kappa shape index (κ3) is 8.44. The van der Waals surface area contributed by atoms with Crippen molar-refractivity contribution in [3.05, 3.63) is 120 Å². The number of rotatable bonds is 11. The molecule has 3 aromatic rings. The lowest BCUT2D eigenvalue weighted by Crippen LogP contribution is -2.46. The molecule has 8 aliphatic rings. The zero-order valence-electron chi connectivity index (χ0n) is 43.1. The average molecular weight is 958 g/mol. The van der Waals surface area contributed by atoms with Crippen LogP contribution in [-0.2, 0) is 44.9 Å². The number of halogens is 2. The number of fused-ring (bicyclic) bond motifs is 9. The summed E-state index contributed by atoms with van der Waals surface area (Å²) in [7, 11) is -1.74. The molecule has 0 nitrogen and oxygen atoms in total. The number of benzene rings is 3. The molecule has 2 saturated heterocycles. The van der Waals surface area contributed by atoms with Gasteiger partial charge in [0.25, 0.3) is 6.69 Å². The van der Waals surface area contributed by atoms with E-state index in [1.807, 2.05) is 0 Å². The van der Waals surface area contributed by atoms with E-state index in [-0.39, 0.29) is 0 Å². The summed E-state index contributed by atoms with van der Waals surface area (Å²) in [6.45, 7) is 20.1. The molecule has 2 unspecified atom stereocenters. The van der Waals surface area contributed by atoms with Crippen molar-refractivity contribution in [2.45, 2.75) is 226 Å². The molecule has 4 heteroatoms. The van der Waals surface area contributed by atoms with Gasteiger partial charge in [0, 0.05) is 11.1 Å². The van der Waals surface area contributed by atoms with E-state index in [1.54, 1.807) is 77.9 Å². The molecule has 2 atom stereocenters. The summed E-state index contributed by atoms with van der Waals surface area (Å²) in [6.07, 6.45) is 34.0. The molecule has 11 rings (SSSR count). The molecular weight excluding hydrogens is 872 g/mol. The van der Waals surface area contributed by atoms with Gasteiger partial charge in [-0.15, -0.1) is 22.2 Å². The Morgan fingerprint density at radius 1 is 0.455 bits per heavy atom. The van der Waals surface area contributed by atoms with Crippen LogP contribution in [0.4, 0.5) is 0 Å². The maximum atomic E-state index is 5.87. The highest BCUT2D eigenvalue weighted by molar-refractivity contribution is 7.45. The lowest BCUT2D eigenvalue weighted by Gasteiger charge is -2.43. The van der Waals surface area contributed by atoms with Crippen LogP contribution in [0, 0.1) is 16.2 Å². The van der Waals surface area contributed by atoms with Crippen molar-refractivity contribution in [2.24, 2.45) is 16.2 Å². The Kier molecular flexibility index (Phi) is 14.3. The second-order valence-electron chi connectivity index (χ2n) is 23.2. The van der Waals surface area contributed by atoms with Crippen molar-refractivity contribution in [3.63, 3.8) is 0 Å². The van der Waals surface area contributed by atoms with E-state index >= 15 is 0 Å². The second-order valence-corrected chi connectivity index (χ2v) is 35.5. The van der Waals surface area contributed by atoms with E-state index in [1.165, 1.54) is 146 Å². The maximum Gasteiger partial charge on any atom is 0.251 e. The molecule has 2 heterocycles. The maximum absolute atomic E-state index is 5.87. The van der Waals surface area contributed by atoms with E-state index in [2.05, 4.69) is 117 Å². The van der Waals surface area contributed by atoms with Crippen LogP contribution < -0.4 is 0 Å². The quantitative estimate of drug-likeness (QED) is 0.133. The fraction of sp³-hybridized carbons (Fsp3) is 0.613. The van der Waals surface area contributed by atoms with Gasteiger partial charge < -0.3 is 0 Å². The molecule has 0 bridgehead atoms. The van der Waals surface area contributed by atoms with Crippen molar-refractivity contribution in [1.82, 2.24) is 0 Å². The van der Waals surface area contributed by atoms with Crippen LogP contribution in [0.25, 0.3) is 18.2 Å². The minimum absolute atomic E-state index is 0.493. The minimum Gasteiger partial charge on any atom is -0.146 e. The fourth-order valence-corrected chi connectivity index (χ4v) is 26.4. The first-order valence-corrected chi connectivity index (χ1v) is 34.7. The molecule has 66 heavy (non-hydrogen) atoms. The van der Waals surface area contributed by atoms with Crippen molar-refractivity contribution in [2.75, 3.05) is 0 Å². The summed E-state index contributed by atoms with van der Waals surface area (Å²) in [5.41, 5.74) is 28.5. The van der Waals surface area contributed by atoms with Crippen LogP contribution in [0.5, 0.6) is 0 Å². The number of allylic oxidation sites excluding steroid dienone is 3. The summed E-state index contributed by atoms with van der Waals surface area (Å²) >= 11 is 11.7. The van der Waals surface area contributed by atoms with Gasteiger partial charge in [0.1, 0.15) is 0 Å². The first kappa shape index (κ1) is 48.9. The Morgan fingerprint density at radius 2 is 0.864 bits per heavy atom. The zero-order chi connectivity index (χ0) is 46.6. The molecule has 6 aliphatic carbocycles. The van der Waals surface area contributed by atoms with Gasteiger partial charge in [-0.1, -0.05) is 171 Å². The predicted molar refractivity (Wildman–Crippen MR) is 295 cm³/mol. The lowest BCUT2D eigenvalue weighted by atomic mass is 9.79. The van der Waals surface area contributed by atoms with Crippen LogP contribution >= 0.6 is 22.2 Å². The topological polar surface area (TPSA) is 0 Å². The molecule has 2 fully saturated rings. The van der Waals surface area contributed by atoms with Crippen LogP contribution in [-0.4, -0.2) is 14.8 Å². The average Bonchev–Trinajstić information content (AvgIpc) is 4.20. The Labute approximate surface area is 414 Å². The third-order valence-electron chi connectivity index (χ3n) is 20.5. The Morgan fingerprint density at radius 3 is 1.26 bits per heavy atom. The largest absolute Gasteiger partial charge is 0.251 e. The predicted octanol–water partition coefficient (Wildman–Crippen LogP) is 18.9. The highest BCUT2D eigenvalue weighted by Gasteiger charge is 2.56. The Balaban J connectivity index is 0.000000179. The zero-order valence-corrected chi connectivity index (χ0v) is 46.6. The van der Waals surface area contributed by atoms with Gasteiger partial charge in [-0.3, -0.25) is 0 Å². The van der Waals surface area contributed by atoms with Gasteiger partial charge in [0.2, 0.25) is 0 Å². The van der Waals surface area contributed by atoms with Gasteiger partial charge in [0.05, 0.1) is 8.07 Å². The van der Waals surface area contributed by atoms with E-state index in [0.29, 0.717) is 16.2 Å². The molecule has 2 aliphatic heterocycles. The van der Waals surface area contributed by atoms with Crippen molar-refractivity contribution < 1.29 is 0 Å². The van der Waals surface area contributed by atoms with Gasteiger partial charge in [-0.2, -0.15) is 0 Å². The normalized spacial score (nSPS) is 24.5. The van der Waals surface area contributed by atoms with E-state index < -0.39 is 14.8 Å². The summed E-state index contributed by atoms with van der Waals surface area (Å²) in [4.78, 5) is 0. The molecular formula is C62H86Cl2Si2. The number of hydrogen-bond acceptors (Lipinski definition) is 0. The van der Waals surface area contributed by atoms with Gasteiger partial charge in [-0.05, 0) is 198 Å². The third-order valence-corrected chi connectivity index (χ3v) is 31.1. The summed E-state index contributed by atoms with van der Waals surface area (Å²) in [5.74, 6) is 0. The van der Waals surface area contributed by atoms with Crippen molar-refractivity contribution in [3.8, 4) is 0 Å². The first-order chi connectivity index (χ1) is 31.8. The first-order valence-electron chi connectivity index (χ1n) is 27.7. The standard InChI is InChI=1S/C40H54Si.C18H24.C4H8Cl2Si/c1-7-27-21-33-31(17-15-29-23-39(9-3,10-4)25-35(29)33)37(27)41(19-13-14-20-41)38-28(8-2)22-34-32(38)18-16-30-24-40(11-5,12-6)26-36(30)34;1-4-13-9-14-7-8-15-11-18(5-2,6-3)12-17(15)16(14)10-13;5-7(6)3-1-2-4-7/h15-18,21-22,37-38H,7-14,19-20,23-26H2,1-6H3;7-9H,4-6,10-12H2,1-3H3;1-4H2. The smallest absolute Gasteiger partial charge is 0.146 e. The van der Waals surface area contributed by atoms with Crippen molar-refractivity contribution >= 4 is 55.2 Å². The van der Waals surface area contributed by atoms with Crippen LogP contribution in [0.15, 0.2) is 53.1 Å². The molecule has 3 aromatic carbocycles.